The molecule has 0 aliphatic carbocycles. The largest absolute Gasteiger partial charge is 0.351 e. The maximum absolute atomic E-state index is 11.9. The molecule has 2 aromatic heterocycles. The summed E-state index contributed by atoms with van der Waals surface area (Å²) < 4.78 is 1.88. The number of rotatable bonds is 8. The highest BCUT2D eigenvalue weighted by Crippen LogP contribution is 2.09. The van der Waals surface area contributed by atoms with E-state index in [-0.39, 0.29) is 5.91 Å². The van der Waals surface area contributed by atoms with Crippen LogP contribution in [0.25, 0.3) is 0 Å². The molecule has 25 heavy (non-hydrogen) atoms. The van der Waals surface area contributed by atoms with Crippen LogP contribution in [0.3, 0.4) is 0 Å². The minimum Gasteiger partial charge on any atom is -0.351 e. The predicted molar refractivity (Wildman–Crippen MR) is 100 cm³/mol. The Morgan fingerprint density at radius 2 is 1.88 bits per heavy atom. The van der Waals surface area contributed by atoms with Crippen molar-refractivity contribution in [1.29, 1.82) is 0 Å². The second-order valence-electron chi connectivity index (χ2n) is 5.61. The molecule has 0 spiro atoms. The van der Waals surface area contributed by atoms with E-state index in [1.807, 2.05) is 47.3 Å². The smallest absolute Gasteiger partial charge is 0.230 e. The summed E-state index contributed by atoms with van der Waals surface area (Å²) in [7, 11) is 0. The summed E-state index contributed by atoms with van der Waals surface area (Å²) >= 11 is 1.57. The van der Waals surface area contributed by atoms with Gasteiger partial charge in [-0.05, 0) is 29.3 Å². The van der Waals surface area contributed by atoms with Crippen molar-refractivity contribution in [3.8, 4) is 0 Å². The van der Waals surface area contributed by atoms with Crippen LogP contribution < -0.4 is 5.32 Å². The Hall–Kier alpha value is -2.60. The van der Waals surface area contributed by atoms with E-state index in [1.165, 1.54) is 5.56 Å². The molecule has 1 amide bonds. The van der Waals surface area contributed by atoms with E-state index in [1.54, 1.807) is 24.2 Å². The van der Waals surface area contributed by atoms with E-state index < -0.39 is 0 Å². The number of carbonyl (C=O) groups is 1. The number of aromatic nitrogens is 3. The van der Waals surface area contributed by atoms with E-state index in [9.17, 15) is 4.79 Å². The summed E-state index contributed by atoms with van der Waals surface area (Å²) in [5.74, 6) is 1.23. The first-order chi connectivity index (χ1) is 12.3. The maximum Gasteiger partial charge on any atom is 0.230 e. The molecular weight excluding hydrogens is 332 g/mol. The van der Waals surface area contributed by atoms with Crippen LogP contribution in [0.2, 0.25) is 0 Å². The molecule has 0 atom stereocenters. The summed E-state index contributed by atoms with van der Waals surface area (Å²) in [5.41, 5.74) is 3.27. The number of nitrogens with one attached hydrogen (secondary N) is 1. The van der Waals surface area contributed by atoms with E-state index in [2.05, 4.69) is 27.5 Å². The van der Waals surface area contributed by atoms with Gasteiger partial charge in [-0.25, -0.2) is 0 Å². The minimum atomic E-state index is 0.0431. The highest BCUT2D eigenvalue weighted by atomic mass is 32.2. The van der Waals surface area contributed by atoms with Gasteiger partial charge in [-0.2, -0.15) is 5.10 Å². The fourth-order valence-corrected chi connectivity index (χ4v) is 3.10. The number of nitrogens with zero attached hydrogens (tertiary/aromatic N) is 3. The SMILES string of the molecule is O=C(CSCc1ccccn1)NCc1ccc(Cn2cccn2)cc1. The Labute approximate surface area is 151 Å². The highest BCUT2D eigenvalue weighted by molar-refractivity contribution is 7.99. The van der Waals surface area contributed by atoms with Crippen molar-refractivity contribution in [1.82, 2.24) is 20.1 Å². The fraction of sp³-hybridized carbons (Fsp3) is 0.211. The molecule has 2 heterocycles. The first-order valence-corrected chi connectivity index (χ1v) is 9.25. The van der Waals surface area contributed by atoms with E-state index in [0.29, 0.717) is 12.3 Å². The van der Waals surface area contributed by atoms with Gasteiger partial charge in [0.2, 0.25) is 5.91 Å². The van der Waals surface area contributed by atoms with Crippen LogP contribution in [-0.2, 0) is 23.6 Å². The van der Waals surface area contributed by atoms with Crippen LogP contribution in [0.15, 0.2) is 67.1 Å². The standard InChI is InChI=1S/C19H20N4OS/c24-19(15-25-14-18-4-1-2-9-20-18)21-12-16-5-7-17(8-6-16)13-23-11-3-10-22-23/h1-11H,12-15H2,(H,21,24). The van der Waals surface area contributed by atoms with Crippen LogP contribution in [0, 0.1) is 0 Å². The highest BCUT2D eigenvalue weighted by Gasteiger charge is 2.03. The molecule has 0 aliphatic rings. The fourth-order valence-electron chi connectivity index (χ4n) is 2.33. The van der Waals surface area contributed by atoms with Crippen LogP contribution in [0.5, 0.6) is 0 Å². The molecule has 0 bridgehead atoms. The average Bonchev–Trinajstić information content (AvgIpc) is 3.15. The normalized spacial score (nSPS) is 10.6. The quantitative estimate of drug-likeness (QED) is 0.677. The lowest BCUT2D eigenvalue weighted by Gasteiger charge is -2.07. The van der Waals surface area contributed by atoms with Gasteiger partial charge in [0.05, 0.1) is 18.0 Å². The van der Waals surface area contributed by atoms with Gasteiger partial charge in [0.1, 0.15) is 0 Å². The molecule has 5 nitrogen and oxygen atoms in total. The Kier molecular flexibility index (Phi) is 6.23. The van der Waals surface area contributed by atoms with Gasteiger partial charge in [-0.15, -0.1) is 11.8 Å². The zero-order valence-electron chi connectivity index (χ0n) is 13.8. The summed E-state index contributed by atoms with van der Waals surface area (Å²) in [6.45, 7) is 1.30. The lowest BCUT2D eigenvalue weighted by Crippen LogP contribution is -2.24. The predicted octanol–water partition coefficient (Wildman–Crippen LogP) is 2.88. The second kappa shape index (κ2) is 9.03. The maximum atomic E-state index is 11.9. The number of hydrogen-bond acceptors (Lipinski definition) is 4. The van der Waals surface area contributed by atoms with E-state index in [0.717, 1.165) is 23.6 Å². The van der Waals surface area contributed by atoms with Crippen molar-refractivity contribution in [3.05, 3.63) is 83.9 Å². The number of amides is 1. The number of hydrogen-bond donors (Lipinski definition) is 1. The molecule has 0 radical (unpaired) electrons. The van der Waals surface area contributed by atoms with E-state index in [4.69, 9.17) is 0 Å². The van der Waals surface area contributed by atoms with Crippen molar-refractivity contribution in [3.63, 3.8) is 0 Å². The number of pyridine rings is 1. The second-order valence-corrected chi connectivity index (χ2v) is 6.60. The molecule has 128 valence electrons. The zero-order chi connectivity index (χ0) is 17.3. The molecule has 0 fully saturated rings. The van der Waals surface area contributed by atoms with Crippen molar-refractivity contribution in [2.75, 3.05) is 5.75 Å². The minimum absolute atomic E-state index is 0.0431. The average molecular weight is 352 g/mol. The topological polar surface area (TPSA) is 59.8 Å². The lowest BCUT2D eigenvalue weighted by molar-refractivity contribution is -0.118. The summed E-state index contributed by atoms with van der Waals surface area (Å²) in [5, 5.41) is 7.15. The molecule has 0 aliphatic heterocycles. The monoisotopic (exact) mass is 352 g/mol. The van der Waals surface area contributed by atoms with Crippen LogP contribution in [0.1, 0.15) is 16.8 Å². The molecule has 0 saturated heterocycles. The Morgan fingerprint density at radius 3 is 2.60 bits per heavy atom. The first kappa shape index (κ1) is 17.2. The van der Waals surface area contributed by atoms with Crippen molar-refractivity contribution >= 4 is 17.7 Å². The van der Waals surface area contributed by atoms with Crippen LogP contribution in [0.4, 0.5) is 0 Å². The third-order valence-electron chi connectivity index (χ3n) is 3.63. The third kappa shape index (κ3) is 5.76. The number of thioether (sulfide) groups is 1. The Balaban J connectivity index is 1.38. The van der Waals surface area contributed by atoms with Crippen LogP contribution in [-0.4, -0.2) is 26.4 Å². The molecule has 6 heteroatoms. The lowest BCUT2D eigenvalue weighted by atomic mass is 10.1. The van der Waals surface area contributed by atoms with Crippen LogP contribution >= 0.6 is 11.8 Å². The number of carbonyl (C=O) groups excluding carboxylic acids is 1. The Morgan fingerprint density at radius 1 is 1.04 bits per heavy atom. The van der Waals surface area contributed by atoms with Crippen molar-refractivity contribution in [2.24, 2.45) is 0 Å². The summed E-state index contributed by atoms with van der Waals surface area (Å²) in [6.07, 6.45) is 5.48. The molecular formula is C19H20N4OS. The van der Waals surface area contributed by atoms with E-state index >= 15 is 0 Å². The molecule has 3 rings (SSSR count). The van der Waals surface area contributed by atoms with Gasteiger partial charge in [-0.1, -0.05) is 30.3 Å². The molecule has 3 aromatic rings. The summed E-state index contributed by atoms with van der Waals surface area (Å²) in [6, 6.07) is 15.9. The molecule has 1 aromatic carbocycles. The van der Waals surface area contributed by atoms with Gasteiger partial charge < -0.3 is 5.32 Å². The van der Waals surface area contributed by atoms with Gasteiger partial charge in [0.15, 0.2) is 0 Å². The van der Waals surface area contributed by atoms with Gasteiger partial charge >= 0.3 is 0 Å². The first-order valence-electron chi connectivity index (χ1n) is 8.09. The molecule has 0 unspecified atom stereocenters. The number of benzene rings is 1. The van der Waals surface area contributed by atoms with Crippen molar-refractivity contribution in [2.45, 2.75) is 18.8 Å². The molecule has 0 saturated carbocycles. The summed E-state index contributed by atoms with van der Waals surface area (Å²) in [4.78, 5) is 16.2. The zero-order valence-corrected chi connectivity index (χ0v) is 14.7. The van der Waals surface area contributed by atoms with Gasteiger partial charge in [0.25, 0.3) is 0 Å². The molecule has 1 N–H and O–H groups in total. The third-order valence-corrected chi connectivity index (χ3v) is 4.59. The van der Waals surface area contributed by atoms with Crippen molar-refractivity contribution < 1.29 is 4.79 Å². The Bertz CT molecular complexity index is 773. The van der Waals surface area contributed by atoms with Gasteiger partial charge in [0, 0.05) is 30.9 Å². The van der Waals surface area contributed by atoms with Gasteiger partial charge in [-0.3, -0.25) is 14.5 Å².